The van der Waals surface area contributed by atoms with Crippen LogP contribution in [0.2, 0.25) is 0 Å². The summed E-state index contributed by atoms with van der Waals surface area (Å²) in [6.45, 7) is 8.40. The van der Waals surface area contributed by atoms with E-state index >= 15 is 0 Å². The van der Waals surface area contributed by atoms with Crippen LogP contribution >= 0.6 is 0 Å². The molecule has 0 rings (SSSR count). The van der Waals surface area contributed by atoms with Gasteiger partial charge in [0.1, 0.15) is 0 Å². The van der Waals surface area contributed by atoms with E-state index in [1.54, 1.807) is 13.8 Å². The Kier molecular flexibility index (Phi) is 12.4. The Morgan fingerprint density at radius 2 is 1.18 bits per heavy atom. The minimum absolute atomic E-state index is 0.531. The summed E-state index contributed by atoms with van der Waals surface area (Å²) in [6, 6.07) is 0. The Balaban J connectivity index is 3.92. The van der Waals surface area contributed by atoms with E-state index in [0.29, 0.717) is 13.2 Å². The molecular weight excluding hydrogens is 288 g/mol. The highest BCUT2D eigenvalue weighted by Crippen LogP contribution is 2.00. The second kappa shape index (κ2) is 13.3. The maximum atomic E-state index is 11.5. The molecule has 0 aromatic heterocycles. The first kappa shape index (κ1) is 20.6. The highest BCUT2D eigenvalue weighted by Gasteiger charge is 2.09. The molecule has 0 radical (unpaired) electrons. The molecule has 0 amide bonds. The summed E-state index contributed by atoms with van der Waals surface area (Å²) in [6.07, 6.45) is 4.56. The van der Waals surface area contributed by atoms with Gasteiger partial charge in [0.05, 0.1) is 13.2 Å². The smallest absolute Gasteiger partial charge is 0.333 e. The van der Waals surface area contributed by atoms with Crippen molar-refractivity contribution in [3.05, 3.63) is 12.2 Å². The van der Waals surface area contributed by atoms with Gasteiger partial charge in [0, 0.05) is 12.2 Å². The molecule has 2 atom stereocenters. The molecule has 0 aliphatic carbocycles. The fourth-order valence-electron chi connectivity index (χ4n) is 1.40. The molecule has 22 heavy (non-hydrogen) atoms. The van der Waals surface area contributed by atoms with Crippen molar-refractivity contribution in [1.29, 1.82) is 0 Å². The van der Waals surface area contributed by atoms with Crippen LogP contribution in [0.5, 0.6) is 0 Å². The summed E-state index contributed by atoms with van der Waals surface area (Å²) in [7, 11) is 0. The van der Waals surface area contributed by atoms with Crippen LogP contribution in [0.1, 0.15) is 53.4 Å². The molecule has 0 bridgehead atoms. The number of hydrogen-bond acceptors (Lipinski definition) is 6. The summed E-state index contributed by atoms with van der Waals surface area (Å²) in [4.78, 5) is 22.9. The summed E-state index contributed by atoms with van der Waals surface area (Å²) in [5, 5.41) is 0. The Morgan fingerprint density at radius 3 is 1.50 bits per heavy atom. The fraction of sp³-hybridized carbons (Fsp3) is 0.750. The van der Waals surface area contributed by atoms with Crippen LogP contribution in [0.3, 0.4) is 0 Å². The van der Waals surface area contributed by atoms with Crippen molar-refractivity contribution in [2.75, 3.05) is 13.2 Å². The highest BCUT2D eigenvalue weighted by molar-refractivity contribution is 5.91. The van der Waals surface area contributed by atoms with Crippen LogP contribution in [0.4, 0.5) is 0 Å². The first-order valence-corrected chi connectivity index (χ1v) is 7.82. The number of carbonyl (C=O) groups is 2. The van der Waals surface area contributed by atoms with Crippen LogP contribution in [0.15, 0.2) is 12.2 Å². The van der Waals surface area contributed by atoms with Gasteiger partial charge in [0.2, 0.25) is 0 Å². The molecule has 128 valence electrons. The second-order valence-electron chi connectivity index (χ2n) is 4.79. The van der Waals surface area contributed by atoms with Crippen LogP contribution in [0.25, 0.3) is 0 Å². The van der Waals surface area contributed by atoms with E-state index in [9.17, 15) is 9.59 Å². The Labute approximate surface area is 132 Å². The van der Waals surface area contributed by atoms with Crippen molar-refractivity contribution in [3.63, 3.8) is 0 Å². The van der Waals surface area contributed by atoms with Gasteiger partial charge in [-0.15, -0.1) is 0 Å². The summed E-state index contributed by atoms with van der Waals surface area (Å²) in [5.41, 5.74) is 0. The standard InChI is InChI=1S/C16H28O6/c1-5-7-11-19-13(3)21-15(17)9-10-16(18)22-14(4)20-12-8-6-2/h9-10,13-14H,5-8,11-12H2,1-4H3. The quantitative estimate of drug-likeness (QED) is 0.239. The molecular formula is C16H28O6. The largest absolute Gasteiger partial charge is 0.433 e. The van der Waals surface area contributed by atoms with Crippen molar-refractivity contribution in [2.45, 2.75) is 66.0 Å². The molecule has 0 aromatic rings. The third kappa shape index (κ3) is 12.3. The molecule has 0 saturated heterocycles. The number of unbranched alkanes of at least 4 members (excludes halogenated alkanes) is 2. The summed E-state index contributed by atoms with van der Waals surface area (Å²) in [5.74, 6) is -1.30. The van der Waals surface area contributed by atoms with E-state index in [0.717, 1.165) is 37.8 Å². The second-order valence-corrected chi connectivity index (χ2v) is 4.79. The van der Waals surface area contributed by atoms with Crippen LogP contribution in [-0.2, 0) is 28.5 Å². The average Bonchev–Trinajstić information content (AvgIpc) is 2.45. The SMILES string of the molecule is CCCCOC(C)OC(=O)C=CC(=O)OC(C)OCCCC. The maximum absolute atomic E-state index is 11.5. The van der Waals surface area contributed by atoms with E-state index in [1.807, 2.05) is 13.8 Å². The lowest BCUT2D eigenvalue weighted by Gasteiger charge is -2.13. The summed E-state index contributed by atoms with van der Waals surface area (Å²) < 4.78 is 20.4. The molecule has 0 aromatic carbocycles. The van der Waals surface area contributed by atoms with Crippen molar-refractivity contribution < 1.29 is 28.5 Å². The highest BCUT2D eigenvalue weighted by atomic mass is 16.7. The first-order chi connectivity index (χ1) is 10.5. The van der Waals surface area contributed by atoms with E-state index in [-0.39, 0.29) is 0 Å². The van der Waals surface area contributed by atoms with E-state index in [4.69, 9.17) is 18.9 Å². The molecule has 2 unspecified atom stereocenters. The van der Waals surface area contributed by atoms with E-state index in [1.165, 1.54) is 0 Å². The molecule has 6 nitrogen and oxygen atoms in total. The number of hydrogen-bond donors (Lipinski definition) is 0. The van der Waals surface area contributed by atoms with Crippen molar-refractivity contribution in [1.82, 2.24) is 0 Å². The zero-order valence-electron chi connectivity index (χ0n) is 14.0. The van der Waals surface area contributed by atoms with Crippen molar-refractivity contribution >= 4 is 11.9 Å². The van der Waals surface area contributed by atoms with Gasteiger partial charge in [-0.1, -0.05) is 26.7 Å². The van der Waals surface area contributed by atoms with Crippen LogP contribution in [0, 0.1) is 0 Å². The van der Waals surface area contributed by atoms with Crippen molar-refractivity contribution in [2.24, 2.45) is 0 Å². The lowest BCUT2D eigenvalue weighted by molar-refractivity contribution is -0.171. The fourth-order valence-corrected chi connectivity index (χ4v) is 1.40. The normalized spacial score (nSPS) is 13.8. The Hall–Kier alpha value is -1.40. The first-order valence-electron chi connectivity index (χ1n) is 7.82. The van der Waals surface area contributed by atoms with Gasteiger partial charge in [-0.05, 0) is 26.7 Å². The van der Waals surface area contributed by atoms with Gasteiger partial charge in [0.25, 0.3) is 0 Å². The zero-order chi connectivity index (χ0) is 16.8. The number of rotatable bonds is 12. The number of ether oxygens (including phenoxy) is 4. The van der Waals surface area contributed by atoms with Gasteiger partial charge in [0.15, 0.2) is 12.6 Å². The molecule has 0 heterocycles. The van der Waals surface area contributed by atoms with Gasteiger partial charge < -0.3 is 18.9 Å². The van der Waals surface area contributed by atoms with Crippen molar-refractivity contribution in [3.8, 4) is 0 Å². The Bertz CT molecular complexity index is 308. The van der Waals surface area contributed by atoms with Crippen LogP contribution in [-0.4, -0.2) is 37.7 Å². The van der Waals surface area contributed by atoms with Gasteiger partial charge in [-0.3, -0.25) is 0 Å². The third-order valence-corrected chi connectivity index (χ3v) is 2.62. The zero-order valence-corrected chi connectivity index (χ0v) is 14.0. The third-order valence-electron chi connectivity index (χ3n) is 2.62. The molecule has 0 N–H and O–H groups in total. The molecule has 0 saturated carbocycles. The van der Waals surface area contributed by atoms with E-state index < -0.39 is 24.5 Å². The Morgan fingerprint density at radius 1 is 0.818 bits per heavy atom. The molecule has 0 aliphatic rings. The average molecular weight is 316 g/mol. The lowest BCUT2D eigenvalue weighted by atomic mass is 10.4. The van der Waals surface area contributed by atoms with Gasteiger partial charge in [-0.2, -0.15) is 0 Å². The number of carbonyl (C=O) groups excluding carboxylic acids is 2. The lowest BCUT2D eigenvalue weighted by Crippen LogP contribution is -2.19. The van der Waals surface area contributed by atoms with Gasteiger partial charge in [-0.25, -0.2) is 9.59 Å². The molecule has 0 aliphatic heterocycles. The molecule has 6 heteroatoms. The molecule has 0 fully saturated rings. The topological polar surface area (TPSA) is 71.1 Å². The van der Waals surface area contributed by atoms with E-state index in [2.05, 4.69) is 0 Å². The van der Waals surface area contributed by atoms with Crippen LogP contribution < -0.4 is 0 Å². The monoisotopic (exact) mass is 316 g/mol. The van der Waals surface area contributed by atoms with Gasteiger partial charge >= 0.3 is 11.9 Å². The molecule has 0 spiro atoms. The predicted molar refractivity (Wildman–Crippen MR) is 82.0 cm³/mol. The summed E-state index contributed by atoms with van der Waals surface area (Å²) >= 11 is 0. The number of esters is 2. The predicted octanol–water partition coefficient (Wildman–Crippen LogP) is 2.95. The minimum Gasteiger partial charge on any atom is -0.433 e. The maximum Gasteiger partial charge on any atom is 0.333 e. The minimum atomic E-state index is -0.652.